The fraction of sp³-hybridized carbons (Fsp3) is 0.0417. The third-order valence-corrected chi connectivity index (χ3v) is 4.52. The molecule has 2 N–H and O–H groups in total. The highest BCUT2D eigenvalue weighted by Gasteiger charge is 2.09. The second-order valence-corrected chi connectivity index (χ2v) is 6.71. The maximum Gasteiger partial charge on any atom is 0.255 e. The molecular formula is C24H19N3O2. The summed E-state index contributed by atoms with van der Waals surface area (Å²) in [6, 6.07) is 26.2. The summed E-state index contributed by atoms with van der Waals surface area (Å²) in [5.41, 5.74) is 4.51. The Morgan fingerprint density at radius 3 is 2.24 bits per heavy atom. The van der Waals surface area contributed by atoms with Gasteiger partial charge in [0.05, 0.1) is 0 Å². The summed E-state index contributed by atoms with van der Waals surface area (Å²) in [7, 11) is 0. The number of aromatic nitrogens is 2. The van der Waals surface area contributed by atoms with Crippen molar-refractivity contribution in [1.29, 1.82) is 0 Å². The Bertz CT molecular complexity index is 1210. The van der Waals surface area contributed by atoms with Gasteiger partial charge >= 0.3 is 0 Å². The Morgan fingerprint density at radius 1 is 0.828 bits per heavy atom. The van der Waals surface area contributed by atoms with Gasteiger partial charge in [0.2, 0.25) is 0 Å². The molecule has 0 spiro atoms. The molecule has 4 aromatic rings. The molecule has 4 rings (SSSR count). The van der Waals surface area contributed by atoms with E-state index in [0.717, 1.165) is 16.7 Å². The Morgan fingerprint density at radius 2 is 1.52 bits per heavy atom. The van der Waals surface area contributed by atoms with Crippen molar-refractivity contribution in [2.24, 2.45) is 0 Å². The van der Waals surface area contributed by atoms with Crippen LogP contribution in [0.2, 0.25) is 0 Å². The number of anilines is 1. The summed E-state index contributed by atoms with van der Waals surface area (Å²) in [6.07, 6.45) is 0. The Balaban J connectivity index is 1.53. The topological polar surface area (TPSA) is 74.8 Å². The minimum absolute atomic E-state index is 0.201. The van der Waals surface area contributed by atoms with Gasteiger partial charge in [-0.1, -0.05) is 54.6 Å². The number of hydrogen-bond acceptors (Lipinski definition) is 3. The van der Waals surface area contributed by atoms with Gasteiger partial charge in [-0.2, -0.15) is 0 Å². The zero-order chi connectivity index (χ0) is 20.2. The second kappa shape index (κ2) is 7.94. The highest BCUT2D eigenvalue weighted by Crippen LogP contribution is 2.21. The van der Waals surface area contributed by atoms with Gasteiger partial charge in [0.1, 0.15) is 5.82 Å². The summed E-state index contributed by atoms with van der Waals surface area (Å²) >= 11 is 0. The molecule has 0 aliphatic heterocycles. The first-order valence-electron chi connectivity index (χ1n) is 9.24. The summed E-state index contributed by atoms with van der Waals surface area (Å²) in [5.74, 6) is 0.269. The molecule has 0 radical (unpaired) electrons. The van der Waals surface area contributed by atoms with Crippen molar-refractivity contribution in [3.05, 3.63) is 107 Å². The standard InChI is InChI=1S/C24H19N3O2/c1-16-14-22(28)27-23(25-16)20-8-5-9-21(15-20)26-24(29)19-12-10-18(11-13-19)17-6-3-2-4-7-17/h2-15H,1H3,(H,26,29)(H,25,27,28). The number of amides is 1. The number of hydrogen-bond donors (Lipinski definition) is 2. The molecule has 0 saturated carbocycles. The van der Waals surface area contributed by atoms with Crippen LogP contribution in [0, 0.1) is 6.92 Å². The molecular weight excluding hydrogens is 362 g/mol. The number of nitrogens with zero attached hydrogens (tertiary/aromatic N) is 1. The molecule has 5 nitrogen and oxygen atoms in total. The quantitative estimate of drug-likeness (QED) is 0.540. The second-order valence-electron chi connectivity index (χ2n) is 6.71. The molecule has 1 aromatic heterocycles. The average molecular weight is 381 g/mol. The molecule has 142 valence electrons. The summed E-state index contributed by atoms with van der Waals surface area (Å²) in [5, 5.41) is 2.90. The predicted molar refractivity (Wildman–Crippen MR) is 115 cm³/mol. The third-order valence-electron chi connectivity index (χ3n) is 4.52. The fourth-order valence-electron chi connectivity index (χ4n) is 3.11. The Labute approximate surface area is 168 Å². The zero-order valence-corrected chi connectivity index (χ0v) is 15.8. The molecule has 0 unspecified atom stereocenters. The fourth-order valence-corrected chi connectivity index (χ4v) is 3.11. The zero-order valence-electron chi connectivity index (χ0n) is 15.8. The number of aromatic amines is 1. The molecule has 1 amide bonds. The van der Waals surface area contributed by atoms with E-state index in [2.05, 4.69) is 15.3 Å². The highest BCUT2D eigenvalue weighted by atomic mass is 16.1. The van der Waals surface area contributed by atoms with Gasteiger partial charge in [-0.25, -0.2) is 4.98 Å². The monoisotopic (exact) mass is 381 g/mol. The smallest absolute Gasteiger partial charge is 0.255 e. The number of nitrogens with one attached hydrogen (secondary N) is 2. The van der Waals surface area contributed by atoms with Crippen molar-refractivity contribution < 1.29 is 4.79 Å². The molecule has 0 aliphatic carbocycles. The van der Waals surface area contributed by atoms with Crippen molar-refractivity contribution in [3.8, 4) is 22.5 Å². The maximum atomic E-state index is 12.6. The van der Waals surface area contributed by atoms with E-state index < -0.39 is 0 Å². The lowest BCUT2D eigenvalue weighted by atomic mass is 10.0. The minimum Gasteiger partial charge on any atom is -0.322 e. The molecule has 5 heteroatoms. The van der Waals surface area contributed by atoms with Crippen LogP contribution in [0.1, 0.15) is 16.1 Å². The number of benzene rings is 3. The molecule has 3 aromatic carbocycles. The first-order chi connectivity index (χ1) is 14.1. The minimum atomic E-state index is -0.208. The van der Waals surface area contributed by atoms with Crippen molar-refractivity contribution in [1.82, 2.24) is 9.97 Å². The van der Waals surface area contributed by atoms with Gasteiger partial charge in [-0.05, 0) is 42.3 Å². The SMILES string of the molecule is Cc1cc(=O)[nH]c(-c2cccc(NC(=O)c3ccc(-c4ccccc4)cc3)c2)n1. The molecule has 0 saturated heterocycles. The van der Waals surface area contributed by atoms with E-state index in [0.29, 0.717) is 22.8 Å². The first-order valence-corrected chi connectivity index (χ1v) is 9.24. The van der Waals surface area contributed by atoms with Crippen LogP contribution in [0.4, 0.5) is 5.69 Å². The van der Waals surface area contributed by atoms with Gasteiger partial charge < -0.3 is 10.3 Å². The number of H-pyrrole nitrogens is 1. The molecule has 0 atom stereocenters. The molecule has 0 fully saturated rings. The van der Waals surface area contributed by atoms with Crippen LogP contribution in [0.15, 0.2) is 89.7 Å². The molecule has 0 bridgehead atoms. The van der Waals surface area contributed by atoms with E-state index in [1.165, 1.54) is 6.07 Å². The van der Waals surface area contributed by atoms with E-state index >= 15 is 0 Å². The highest BCUT2D eigenvalue weighted by molar-refractivity contribution is 6.04. The van der Waals surface area contributed by atoms with Crippen molar-refractivity contribution in [3.63, 3.8) is 0 Å². The Hall–Kier alpha value is -3.99. The van der Waals surface area contributed by atoms with Crippen LogP contribution in [-0.4, -0.2) is 15.9 Å². The number of carbonyl (C=O) groups is 1. The lowest BCUT2D eigenvalue weighted by molar-refractivity contribution is 0.102. The first kappa shape index (κ1) is 18.4. The number of aryl methyl sites for hydroxylation is 1. The normalized spacial score (nSPS) is 10.5. The van der Waals surface area contributed by atoms with Crippen LogP contribution >= 0.6 is 0 Å². The van der Waals surface area contributed by atoms with Crippen LogP contribution in [0.3, 0.4) is 0 Å². The van der Waals surface area contributed by atoms with Crippen LogP contribution in [0.5, 0.6) is 0 Å². The van der Waals surface area contributed by atoms with Gasteiger partial charge in [0, 0.05) is 28.6 Å². The van der Waals surface area contributed by atoms with Gasteiger partial charge in [0.25, 0.3) is 11.5 Å². The van der Waals surface area contributed by atoms with Crippen LogP contribution in [0.25, 0.3) is 22.5 Å². The predicted octanol–water partition coefficient (Wildman–Crippen LogP) is 4.66. The van der Waals surface area contributed by atoms with Crippen LogP contribution in [-0.2, 0) is 0 Å². The lowest BCUT2D eigenvalue weighted by Crippen LogP contribution is -2.12. The molecule has 29 heavy (non-hydrogen) atoms. The Kier molecular flexibility index (Phi) is 5.03. The lowest BCUT2D eigenvalue weighted by Gasteiger charge is -2.08. The largest absolute Gasteiger partial charge is 0.322 e. The van der Waals surface area contributed by atoms with Crippen molar-refractivity contribution >= 4 is 11.6 Å². The maximum absolute atomic E-state index is 12.6. The van der Waals surface area contributed by atoms with E-state index in [4.69, 9.17) is 0 Å². The van der Waals surface area contributed by atoms with E-state index in [-0.39, 0.29) is 11.5 Å². The van der Waals surface area contributed by atoms with E-state index in [1.54, 1.807) is 31.2 Å². The van der Waals surface area contributed by atoms with Crippen LogP contribution < -0.4 is 10.9 Å². The average Bonchev–Trinajstić information content (AvgIpc) is 2.74. The van der Waals surface area contributed by atoms with Gasteiger partial charge in [-0.15, -0.1) is 0 Å². The molecule has 1 heterocycles. The van der Waals surface area contributed by atoms with E-state index in [9.17, 15) is 9.59 Å². The summed E-state index contributed by atoms with van der Waals surface area (Å²) < 4.78 is 0. The van der Waals surface area contributed by atoms with Gasteiger partial charge in [0.15, 0.2) is 0 Å². The van der Waals surface area contributed by atoms with Crippen molar-refractivity contribution in [2.75, 3.05) is 5.32 Å². The van der Waals surface area contributed by atoms with E-state index in [1.807, 2.05) is 54.6 Å². The van der Waals surface area contributed by atoms with Crippen molar-refractivity contribution in [2.45, 2.75) is 6.92 Å². The number of carbonyl (C=O) groups excluding carboxylic acids is 1. The molecule has 0 aliphatic rings. The summed E-state index contributed by atoms with van der Waals surface area (Å²) in [4.78, 5) is 31.4. The number of rotatable bonds is 4. The summed E-state index contributed by atoms with van der Waals surface area (Å²) in [6.45, 7) is 1.77. The third kappa shape index (κ3) is 4.30. The van der Waals surface area contributed by atoms with Gasteiger partial charge in [-0.3, -0.25) is 9.59 Å².